The predicted octanol–water partition coefficient (Wildman–Crippen LogP) is 1.69. The van der Waals surface area contributed by atoms with Gasteiger partial charge in [0, 0.05) is 12.1 Å². The van der Waals surface area contributed by atoms with E-state index in [4.69, 9.17) is 0 Å². The minimum Gasteiger partial charge on any atom is -0.452 e. The second-order valence-electron chi connectivity index (χ2n) is 4.64. The average Bonchev–Trinajstić information content (AvgIpc) is 2.82. The van der Waals surface area contributed by atoms with Crippen LogP contribution >= 0.6 is 0 Å². The van der Waals surface area contributed by atoms with Gasteiger partial charge < -0.3 is 10.1 Å². The minimum atomic E-state index is -0.809. The van der Waals surface area contributed by atoms with E-state index in [1.807, 2.05) is 19.1 Å². The number of hydrogen-bond acceptors (Lipinski definition) is 4. The van der Waals surface area contributed by atoms with E-state index in [-0.39, 0.29) is 18.2 Å². The van der Waals surface area contributed by atoms with Crippen LogP contribution in [0.5, 0.6) is 0 Å². The van der Waals surface area contributed by atoms with E-state index in [1.54, 1.807) is 12.1 Å². The molecule has 1 heterocycles. The van der Waals surface area contributed by atoms with Crippen LogP contribution in [-0.4, -0.2) is 36.0 Å². The summed E-state index contributed by atoms with van der Waals surface area (Å²) in [6.07, 6.45) is -0.316. The van der Waals surface area contributed by atoms with Crippen LogP contribution in [0.3, 0.4) is 0 Å². The third kappa shape index (κ3) is 2.79. The molecule has 0 aliphatic carbocycles. The normalized spacial score (nSPS) is 18.0. The van der Waals surface area contributed by atoms with Gasteiger partial charge in [0.2, 0.25) is 11.8 Å². The molecule has 2 rings (SSSR count). The lowest BCUT2D eigenvalue weighted by atomic mass is 10.2. The summed E-state index contributed by atoms with van der Waals surface area (Å²) in [5.41, 5.74) is 1.71. The Morgan fingerprint density at radius 3 is 2.55 bits per heavy atom. The van der Waals surface area contributed by atoms with Crippen LogP contribution in [0.4, 0.5) is 10.5 Å². The summed E-state index contributed by atoms with van der Waals surface area (Å²) < 4.78 is 4.54. The van der Waals surface area contributed by atoms with Gasteiger partial charge >= 0.3 is 6.09 Å². The topological polar surface area (TPSA) is 75.7 Å². The standard InChI is InChI=1S/C14H16N2O4/c1-9-3-5-10(6-4-9)15-13(18)11-7-8-12(17)16(11)14(19)20-2/h3-6,11H,7-8H2,1-2H3,(H,15,18). The number of benzene rings is 1. The molecule has 3 amide bonds. The van der Waals surface area contributed by atoms with E-state index in [2.05, 4.69) is 10.1 Å². The molecule has 0 aromatic heterocycles. The second-order valence-corrected chi connectivity index (χ2v) is 4.64. The zero-order valence-electron chi connectivity index (χ0n) is 11.4. The zero-order valence-corrected chi connectivity index (χ0v) is 11.4. The Hall–Kier alpha value is -2.37. The molecule has 1 aliphatic rings. The van der Waals surface area contributed by atoms with Crippen LogP contribution in [0, 0.1) is 6.92 Å². The first kappa shape index (κ1) is 14.0. The number of methoxy groups -OCH3 is 1. The molecule has 1 unspecified atom stereocenters. The summed E-state index contributed by atoms with van der Waals surface area (Å²) in [6, 6.07) is 6.47. The zero-order chi connectivity index (χ0) is 14.7. The highest BCUT2D eigenvalue weighted by molar-refractivity contribution is 6.04. The van der Waals surface area contributed by atoms with Crippen molar-refractivity contribution >= 4 is 23.6 Å². The van der Waals surface area contributed by atoms with Crippen LogP contribution in [0.25, 0.3) is 0 Å². The molecule has 1 aliphatic heterocycles. The van der Waals surface area contributed by atoms with E-state index >= 15 is 0 Å². The van der Waals surface area contributed by atoms with Crippen molar-refractivity contribution in [3.05, 3.63) is 29.8 Å². The predicted molar refractivity (Wildman–Crippen MR) is 72.1 cm³/mol. The Morgan fingerprint density at radius 1 is 1.30 bits per heavy atom. The monoisotopic (exact) mass is 276 g/mol. The number of anilines is 1. The summed E-state index contributed by atoms with van der Waals surface area (Å²) in [6.45, 7) is 1.94. The molecule has 0 spiro atoms. The second kappa shape index (κ2) is 5.73. The molecule has 1 aromatic carbocycles. The van der Waals surface area contributed by atoms with Gasteiger partial charge in [0.1, 0.15) is 6.04 Å². The average molecular weight is 276 g/mol. The molecule has 6 nitrogen and oxygen atoms in total. The summed E-state index contributed by atoms with van der Waals surface area (Å²) in [7, 11) is 1.18. The Kier molecular flexibility index (Phi) is 4.02. The van der Waals surface area contributed by atoms with Gasteiger partial charge in [0.05, 0.1) is 7.11 Å². The quantitative estimate of drug-likeness (QED) is 0.891. The fourth-order valence-electron chi connectivity index (χ4n) is 2.12. The number of hydrogen-bond donors (Lipinski definition) is 1. The molecule has 0 bridgehead atoms. The maximum atomic E-state index is 12.2. The molecule has 20 heavy (non-hydrogen) atoms. The number of carbonyl (C=O) groups is 3. The van der Waals surface area contributed by atoms with Gasteiger partial charge in [-0.15, -0.1) is 0 Å². The van der Waals surface area contributed by atoms with Crippen molar-refractivity contribution in [3.63, 3.8) is 0 Å². The van der Waals surface area contributed by atoms with Crippen molar-refractivity contribution in [2.45, 2.75) is 25.8 Å². The Bertz CT molecular complexity index is 539. The summed E-state index contributed by atoms with van der Waals surface area (Å²) in [5, 5.41) is 2.70. The number of aryl methyl sites for hydroxylation is 1. The third-order valence-corrected chi connectivity index (χ3v) is 3.21. The molecule has 1 N–H and O–H groups in total. The van der Waals surface area contributed by atoms with Crippen molar-refractivity contribution in [2.24, 2.45) is 0 Å². The number of imide groups is 1. The minimum absolute atomic E-state index is 0.168. The lowest BCUT2D eigenvalue weighted by molar-refractivity contribution is -0.131. The third-order valence-electron chi connectivity index (χ3n) is 3.21. The molecule has 0 saturated carbocycles. The molecule has 106 valence electrons. The molecular formula is C14H16N2O4. The van der Waals surface area contributed by atoms with Crippen molar-refractivity contribution in [3.8, 4) is 0 Å². The maximum Gasteiger partial charge on any atom is 0.416 e. The molecule has 1 atom stereocenters. The molecule has 0 radical (unpaired) electrons. The van der Waals surface area contributed by atoms with Crippen molar-refractivity contribution in [2.75, 3.05) is 12.4 Å². The van der Waals surface area contributed by atoms with E-state index in [0.717, 1.165) is 10.5 Å². The van der Waals surface area contributed by atoms with Gasteiger partial charge in [-0.3, -0.25) is 9.59 Å². The number of ether oxygens (including phenoxy) is 1. The van der Waals surface area contributed by atoms with Crippen LogP contribution in [0.15, 0.2) is 24.3 Å². The molecular weight excluding hydrogens is 260 g/mol. The Morgan fingerprint density at radius 2 is 1.95 bits per heavy atom. The van der Waals surface area contributed by atoms with Gasteiger partial charge in [-0.1, -0.05) is 17.7 Å². The van der Waals surface area contributed by atoms with E-state index in [1.165, 1.54) is 7.11 Å². The van der Waals surface area contributed by atoms with Gasteiger partial charge in [-0.05, 0) is 25.5 Å². The summed E-state index contributed by atoms with van der Waals surface area (Å²) in [4.78, 5) is 36.2. The largest absolute Gasteiger partial charge is 0.452 e. The van der Waals surface area contributed by atoms with Crippen LogP contribution in [0.2, 0.25) is 0 Å². The lowest BCUT2D eigenvalue weighted by Crippen LogP contribution is -2.45. The fourth-order valence-corrected chi connectivity index (χ4v) is 2.12. The lowest BCUT2D eigenvalue weighted by Gasteiger charge is -2.20. The number of carbonyl (C=O) groups excluding carboxylic acids is 3. The van der Waals surface area contributed by atoms with E-state index < -0.39 is 12.1 Å². The number of rotatable bonds is 2. The highest BCUT2D eigenvalue weighted by Gasteiger charge is 2.40. The first-order valence-electron chi connectivity index (χ1n) is 6.30. The van der Waals surface area contributed by atoms with Crippen LogP contribution in [0.1, 0.15) is 18.4 Å². The smallest absolute Gasteiger partial charge is 0.416 e. The number of nitrogens with zero attached hydrogens (tertiary/aromatic N) is 1. The van der Waals surface area contributed by atoms with Crippen LogP contribution < -0.4 is 5.32 Å². The summed E-state index contributed by atoms with van der Waals surface area (Å²) >= 11 is 0. The molecule has 1 fully saturated rings. The van der Waals surface area contributed by atoms with Gasteiger partial charge in [0.15, 0.2) is 0 Å². The SMILES string of the molecule is COC(=O)N1C(=O)CCC1C(=O)Nc1ccc(C)cc1. The van der Waals surface area contributed by atoms with Crippen molar-refractivity contribution in [1.29, 1.82) is 0 Å². The maximum absolute atomic E-state index is 12.2. The Balaban J connectivity index is 2.10. The summed E-state index contributed by atoms with van der Waals surface area (Å²) in [5.74, 6) is -0.772. The highest BCUT2D eigenvalue weighted by atomic mass is 16.5. The number of nitrogens with one attached hydrogen (secondary N) is 1. The molecule has 1 saturated heterocycles. The van der Waals surface area contributed by atoms with Crippen molar-refractivity contribution in [1.82, 2.24) is 4.90 Å². The van der Waals surface area contributed by atoms with E-state index in [9.17, 15) is 14.4 Å². The van der Waals surface area contributed by atoms with Crippen molar-refractivity contribution < 1.29 is 19.1 Å². The Labute approximate surface area is 116 Å². The molecule has 6 heteroatoms. The fraction of sp³-hybridized carbons (Fsp3) is 0.357. The first-order valence-corrected chi connectivity index (χ1v) is 6.30. The molecule has 1 aromatic rings. The number of likely N-dealkylation sites (tertiary alicyclic amines) is 1. The van der Waals surface area contributed by atoms with Gasteiger partial charge in [-0.2, -0.15) is 0 Å². The highest BCUT2D eigenvalue weighted by Crippen LogP contribution is 2.21. The van der Waals surface area contributed by atoms with Gasteiger partial charge in [-0.25, -0.2) is 9.69 Å². The van der Waals surface area contributed by atoms with Crippen LogP contribution in [-0.2, 0) is 14.3 Å². The first-order chi connectivity index (χ1) is 9.52. The van der Waals surface area contributed by atoms with Gasteiger partial charge in [0.25, 0.3) is 0 Å². The van der Waals surface area contributed by atoms with E-state index in [0.29, 0.717) is 12.1 Å². The number of amides is 3.